The Kier molecular flexibility index (Phi) is 8.46. The van der Waals surface area contributed by atoms with Gasteiger partial charge in [-0.2, -0.15) is 0 Å². The van der Waals surface area contributed by atoms with E-state index in [0.717, 1.165) is 30.0 Å². The van der Waals surface area contributed by atoms with Crippen molar-refractivity contribution in [2.75, 3.05) is 28.4 Å². The van der Waals surface area contributed by atoms with E-state index in [2.05, 4.69) is 0 Å². The first-order chi connectivity index (χ1) is 17.7. The Bertz CT molecular complexity index is 1280. The number of nitro groups is 2. The number of allylic oxidation sites excluding steroid dienone is 2. The van der Waals surface area contributed by atoms with Crippen molar-refractivity contribution < 1.29 is 38.3 Å². The number of benzene rings is 2. The van der Waals surface area contributed by atoms with Crippen LogP contribution in [0.4, 0.5) is 11.4 Å². The molecule has 1 aliphatic rings. The Morgan fingerprint density at radius 1 is 0.919 bits per heavy atom. The van der Waals surface area contributed by atoms with Gasteiger partial charge in [0.05, 0.1) is 55.5 Å². The molecular formula is C25H24N2O10. The summed E-state index contributed by atoms with van der Waals surface area (Å²) in [5.74, 6) is 0.979. The second kappa shape index (κ2) is 11.7. The molecule has 3 rings (SSSR count). The normalized spacial score (nSPS) is 15.8. The zero-order valence-electron chi connectivity index (χ0n) is 20.5. The highest BCUT2D eigenvalue weighted by atomic mass is 16.6. The van der Waals surface area contributed by atoms with Gasteiger partial charge in [-0.1, -0.05) is 0 Å². The van der Waals surface area contributed by atoms with Crippen LogP contribution < -0.4 is 9.47 Å². The molecule has 0 N–H and O–H groups in total. The van der Waals surface area contributed by atoms with Gasteiger partial charge in [0.2, 0.25) is 0 Å². The fourth-order valence-corrected chi connectivity index (χ4v) is 3.73. The number of carbonyl (C=O) groups excluding carboxylic acids is 1. The number of esters is 1. The van der Waals surface area contributed by atoms with Crippen LogP contribution in [0.15, 0.2) is 71.9 Å². The van der Waals surface area contributed by atoms with Crippen LogP contribution in [-0.2, 0) is 20.6 Å². The van der Waals surface area contributed by atoms with Crippen molar-refractivity contribution in [2.45, 2.75) is 6.42 Å². The number of ether oxygens (including phenoxy) is 5. The fraction of sp³-hybridized carbons (Fsp3) is 0.240. The number of methoxy groups -OCH3 is 4. The van der Waals surface area contributed by atoms with E-state index in [1.165, 1.54) is 14.2 Å². The molecule has 12 heteroatoms. The van der Waals surface area contributed by atoms with E-state index in [9.17, 15) is 25.0 Å². The smallest absolute Gasteiger partial charge is 0.343 e. The van der Waals surface area contributed by atoms with Crippen LogP contribution >= 0.6 is 0 Å². The summed E-state index contributed by atoms with van der Waals surface area (Å²) in [6, 6.07) is 8.01. The molecule has 1 atom stereocenters. The standard InChI is InChI=1S/C25H24N2O10/c1-33-21-5-6-22(34-2)15(10-21)7-16-11-24(36-4)18(12-23(16)35-3)14-37-25(28)17-8-19(26(29)30)13-20(9-17)27(31)32/h5-6,8-14,16H,7H2,1-4H3/b18-14-. The highest BCUT2D eigenvalue weighted by Gasteiger charge is 2.25. The lowest BCUT2D eigenvalue weighted by Crippen LogP contribution is -2.14. The number of nitrogens with zero attached hydrogens (tertiary/aromatic N) is 2. The lowest BCUT2D eigenvalue weighted by Gasteiger charge is -2.24. The van der Waals surface area contributed by atoms with Crippen LogP contribution in [0.1, 0.15) is 15.9 Å². The molecule has 0 saturated heterocycles. The Morgan fingerprint density at radius 3 is 2.14 bits per heavy atom. The SMILES string of the molecule is COC1=CC(Cc2cc(OC)ccc2OC)C(OC)=C/C1=C/OC(=O)c1cc([N+](=O)[O-])cc([N+](=O)[O-])c1. The predicted octanol–water partition coefficient (Wildman–Crippen LogP) is 4.49. The Hall–Kier alpha value is -4.87. The summed E-state index contributed by atoms with van der Waals surface area (Å²) in [6.45, 7) is 0. The van der Waals surface area contributed by atoms with Crippen LogP contribution in [-0.4, -0.2) is 44.3 Å². The highest BCUT2D eigenvalue weighted by molar-refractivity contribution is 5.91. The van der Waals surface area contributed by atoms with Crippen molar-refractivity contribution in [1.29, 1.82) is 0 Å². The molecule has 0 aliphatic heterocycles. The first-order valence-electron chi connectivity index (χ1n) is 10.8. The number of non-ortho nitro benzene ring substituents is 2. The summed E-state index contributed by atoms with van der Waals surface area (Å²) >= 11 is 0. The molecule has 194 valence electrons. The van der Waals surface area contributed by atoms with E-state index >= 15 is 0 Å². The average Bonchev–Trinajstić information content (AvgIpc) is 2.91. The average molecular weight is 512 g/mol. The molecular weight excluding hydrogens is 488 g/mol. The second-order valence-corrected chi connectivity index (χ2v) is 7.71. The van der Waals surface area contributed by atoms with Gasteiger partial charge in [-0.15, -0.1) is 0 Å². The van der Waals surface area contributed by atoms with Crippen LogP contribution in [0.2, 0.25) is 0 Å². The molecule has 2 aromatic rings. The molecule has 0 spiro atoms. The van der Waals surface area contributed by atoms with Gasteiger partial charge in [-0.25, -0.2) is 4.79 Å². The lowest BCUT2D eigenvalue weighted by molar-refractivity contribution is -0.394. The quantitative estimate of drug-likeness (QED) is 0.193. The Balaban J connectivity index is 1.88. The monoisotopic (exact) mass is 512 g/mol. The van der Waals surface area contributed by atoms with Gasteiger partial charge in [-0.3, -0.25) is 20.2 Å². The largest absolute Gasteiger partial charge is 0.500 e. The molecule has 1 aliphatic carbocycles. The van der Waals surface area contributed by atoms with Crippen molar-refractivity contribution >= 4 is 17.3 Å². The van der Waals surface area contributed by atoms with E-state index in [1.54, 1.807) is 38.5 Å². The van der Waals surface area contributed by atoms with Crippen molar-refractivity contribution in [3.8, 4) is 11.5 Å². The van der Waals surface area contributed by atoms with E-state index in [4.69, 9.17) is 23.7 Å². The molecule has 0 aromatic heterocycles. The van der Waals surface area contributed by atoms with Crippen molar-refractivity contribution in [2.24, 2.45) is 5.92 Å². The van der Waals surface area contributed by atoms with Gasteiger partial charge in [0.1, 0.15) is 29.3 Å². The van der Waals surface area contributed by atoms with Gasteiger partial charge >= 0.3 is 5.97 Å². The van der Waals surface area contributed by atoms with Gasteiger partial charge < -0.3 is 23.7 Å². The predicted molar refractivity (Wildman–Crippen MR) is 130 cm³/mol. The minimum Gasteiger partial charge on any atom is -0.500 e. The molecule has 0 radical (unpaired) electrons. The van der Waals surface area contributed by atoms with E-state index in [0.29, 0.717) is 35.0 Å². The van der Waals surface area contributed by atoms with E-state index in [-0.39, 0.29) is 11.5 Å². The number of hydrogen-bond donors (Lipinski definition) is 0. The van der Waals surface area contributed by atoms with Crippen LogP contribution in [0, 0.1) is 26.1 Å². The van der Waals surface area contributed by atoms with E-state index in [1.807, 2.05) is 6.07 Å². The minimum absolute atomic E-state index is 0.256. The van der Waals surface area contributed by atoms with Crippen molar-refractivity contribution in [1.82, 2.24) is 0 Å². The van der Waals surface area contributed by atoms with Crippen LogP contribution in [0.25, 0.3) is 0 Å². The molecule has 2 aromatic carbocycles. The molecule has 0 fully saturated rings. The summed E-state index contributed by atoms with van der Waals surface area (Å²) in [4.78, 5) is 33.1. The van der Waals surface area contributed by atoms with Crippen LogP contribution in [0.3, 0.4) is 0 Å². The molecule has 12 nitrogen and oxygen atoms in total. The third kappa shape index (κ3) is 6.23. The maximum Gasteiger partial charge on any atom is 0.343 e. The number of hydrogen-bond acceptors (Lipinski definition) is 10. The zero-order chi connectivity index (χ0) is 27.1. The molecule has 0 heterocycles. The van der Waals surface area contributed by atoms with Gasteiger partial charge in [0, 0.05) is 18.1 Å². The van der Waals surface area contributed by atoms with E-state index < -0.39 is 27.2 Å². The number of nitro benzene ring substituents is 2. The summed E-state index contributed by atoms with van der Waals surface area (Å²) in [5.41, 5.74) is -0.354. The van der Waals surface area contributed by atoms with Crippen LogP contribution in [0.5, 0.6) is 11.5 Å². The lowest BCUT2D eigenvalue weighted by atomic mass is 9.90. The third-order valence-electron chi connectivity index (χ3n) is 5.54. The van der Waals surface area contributed by atoms with Gasteiger partial charge in [-0.05, 0) is 42.3 Å². The summed E-state index contributed by atoms with van der Waals surface area (Å²) in [6.07, 6.45) is 4.98. The molecule has 1 unspecified atom stereocenters. The summed E-state index contributed by atoms with van der Waals surface area (Å²) in [7, 11) is 6.08. The summed E-state index contributed by atoms with van der Waals surface area (Å²) in [5, 5.41) is 22.2. The van der Waals surface area contributed by atoms with Crippen molar-refractivity contribution in [3.63, 3.8) is 0 Å². The summed E-state index contributed by atoms with van der Waals surface area (Å²) < 4.78 is 27.0. The first-order valence-corrected chi connectivity index (χ1v) is 10.8. The second-order valence-electron chi connectivity index (χ2n) is 7.71. The molecule has 0 saturated carbocycles. The molecule has 37 heavy (non-hydrogen) atoms. The highest BCUT2D eigenvalue weighted by Crippen LogP contribution is 2.34. The maximum absolute atomic E-state index is 12.6. The fourth-order valence-electron chi connectivity index (χ4n) is 3.73. The Morgan fingerprint density at radius 2 is 1.59 bits per heavy atom. The minimum atomic E-state index is -1.02. The molecule has 0 amide bonds. The topological polar surface area (TPSA) is 150 Å². The van der Waals surface area contributed by atoms with Gasteiger partial charge in [0.25, 0.3) is 11.4 Å². The number of rotatable bonds is 10. The zero-order valence-corrected chi connectivity index (χ0v) is 20.5. The maximum atomic E-state index is 12.6. The first kappa shape index (κ1) is 26.7. The third-order valence-corrected chi connectivity index (χ3v) is 5.54. The van der Waals surface area contributed by atoms with Crippen molar-refractivity contribution in [3.05, 3.63) is 103 Å². The molecule has 0 bridgehead atoms. The number of carbonyl (C=O) groups is 1. The Labute approximate surface area is 211 Å². The van der Waals surface area contributed by atoms with Gasteiger partial charge in [0.15, 0.2) is 0 Å².